The highest BCUT2D eigenvalue weighted by molar-refractivity contribution is 5.39. The van der Waals surface area contributed by atoms with Gasteiger partial charge in [0.05, 0.1) is 0 Å². The van der Waals surface area contributed by atoms with Crippen LogP contribution >= 0.6 is 0 Å². The van der Waals surface area contributed by atoms with E-state index < -0.39 is 0 Å². The lowest BCUT2D eigenvalue weighted by Crippen LogP contribution is -2.28. The molecule has 0 bridgehead atoms. The highest BCUT2D eigenvalue weighted by Gasteiger charge is 2.34. The molecule has 0 saturated heterocycles. The second kappa shape index (κ2) is 2.66. The van der Waals surface area contributed by atoms with Crippen LogP contribution in [0.15, 0.2) is 34.5 Å². The Labute approximate surface area is 85.1 Å². The minimum atomic E-state index is -0.174. The maximum Gasteiger partial charge on any atom is 0.101 e. The van der Waals surface area contributed by atoms with Crippen LogP contribution in [0, 0.1) is 0 Å². The first kappa shape index (κ1) is 9.38. The summed E-state index contributed by atoms with van der Waals surface area (Å²) in [6.07, 6.45) is 0. The fourth-order valence-corrected chi connectivity index (χ4v) is 1.91. The van der Waals surface area contributed by atoms with Crippen molar-refractivity contribution in [2.45, 2.75) is 38.8 Å². The lowest BCUT2D eigenvalue weighted by Gasteiger charge is -2.33. The van der Waals surface area contributed by atoms with Crippen molar-refractivity contribution in [3.63, 3.8) is 0 Å². The van der Waals surface area contributed by atoms with Crippen molar-refractivity contribution in [3.8, 4) is 0 Å². The van der Waals surface area contributed by atoms with Gasteiger partial charge >= 0.3 is 0 Å². The summed E-state index contributed by atoms with van der Waals surface area (Å²) < 4.78 is 0. The number of nitrogens with zero attached hydrogens (tertiary/aromatic N) is 2. The van der Waals surface area contributed by atoms with Crippen LogP contribution in [0.5, 0.6) is 0 Å². The van der Waals surface area contributed by atoms with Gasteiger partial charge in [-0.25, -0.2) is 0 Å². The van der Waals surface area contributed by atoms with E-state index in [1.807, 2.05) is 0 Å². The lowest BCUT2D eigenvalue weighted by atomic mass is 9.81. The average molecular weight is 188 g/mol. The summed E-state index contributed by atoms with van der Waals surface area (Å²) in [5.41, 5.74) is 2.23. The predicted octanol–water partition coefficient (Wildman–Crippen LogP) is 3.62. The van der Waals surface area contributed by atoms with Gasteiger partial charge in [0.2, 0.25) is 0 Å². The van der Waals surface area contributed by atoms with Gasteiger partial charge in [0.15, 0.2) is 0 Å². The predicted molar refractivity (Wildman–Crippen MR) is 57.4 cm³/mol. The number of hydrogen-bond donors (Lipinski definition) is 0. The minimum Gasteiger partial charge on any atom is -0.182 e. The molecule has 0 N–H and O–H groups in total. The van der Waals surface area contributed by atoms with Gasteiger partial charge < -0.3 is 0 Å². The SMILES string of the molecule is CC1(C)N=NC(C)(C)c2ccccc21. The van der Waals surface area contributed by atoms with Crippen molar-refractivity contribution in [1.29, 1.82) is 0 Å². The third kappa shape index (κ3) is 1.26. The van der Waals surface area contributed by atoms with E-state index in [0.29, 0.717) is 0 Å². The molecular weight excluding hydrogens is 172 g/mol. The van der Waals surface area contributed by atoms with Crippen molar-refractivity contribution in [3.05, 3.63) is 35.4 Å². The topological polar surface area (TPSA) is 24.7 Å². The molecular formula is C12H16N2. The molecule has 2 rings (SSSR count). The minimum absolute atomic E-state index is 0.174. The van der Waals surface area contributed by atoms with Crippen LogP contribution in [-0.4, -0.2) is 0 Å². The fourth-order valence-electron chi connectivity index (χ4n) is 1.91. The standard InChI is InChI=1S/C12H16N2/c1-11(2)9-7-5-6-8-10(9)12(3,4)14-13-11/h5-8H,1-4H3. The van der Waals surface area contributed by atoms with Crippen LogP contribution in [-0.2, 0) is 11.1 Å². The molecule has 0 amide bonds. The van der Waals surface area contributed by atoms with Gasteiger partial charge in [0.1, 0.15) is 11.1 Å². The maximum absolute atomic E-state index is 4.38. The molecule has 0 aromatic heterocycles. The Bertz CT molecular complexity index is 352. The zero-order chi connectivity index (χ0) is 10.4. The molecule has 1 heterocycles. The van der Waals surface area contributed by atoms with Crippen LogP contribution in [0.3, 0.4) is 0 Å². The van der Waals surface area contributed by atoms with E-state index in [-0.39, 0.29) is 11.1 Å². The second-order valence-electron chi connectivity index (χ2n) is 4.86. The van der Waals surface area contributed by atoms with Gasteiger partial charge in [0, 0.05) is 0 Å². The summed E-state index contributed by atoms with van der Waals surface area (Å²) in [4.78, 5) is 0. The van der Waals surface area contributed by atoms with Gasteiger partial charge in [-0.3, -0.25) is 0 Å². The Morgan fingerprint density at radius 1 is 0.786 bits per heavy atom. The van der Waals surface area contributed by atoms with Gasteiger partial charge in [-0.2, -0.15) is 10.2 Å². The lowest BCUT2D eigenvalue weighted by molar-refractivity contribution is 0.392. The second-order valence-corrected chi connectivity index (χ2v) is 4.86. The monoisotopic (exact) mass is 188 g/mol. The molecule has 0 fully saturated rings. The Morgan fingerprint density at radius 3 is 1.50 bits per heavy atom. The number of benzene rings is 1. The van der Waals surface area contributed by atoms with Gasteiger partial charge in [0.25, 0.3) is 0 Å². The zero-order valence-electron chi connectivity index (χ0n) is 9.20. The number of azo groups is 1. The third-order valence-corrected chi connectivity index (χ3v) is 2.80. The van der Waals surface area contributed by atoms with E-state index in [2.05, 4.69) is 62.2 Å². The van der Waals surface area contributed by atoms with Gasteiger partial charge in [-0.05, 0) is 38.8 Å². The van der Waals surface area contributed by atoms with E-state index >= 15 is 0 Å². The van der Waals surface area contributed by atoms with Crippen LogP contribution in [0.1, 0.15) is 38.8 Å². The molecule has 1 aliphatic heterocycles. The first-order chi connectivity index (χ1) is 6.43. The average Bonchev–Trinajstić information content (AvgIpc) is 2.14. The summed E-state index contributed by atoms with van der Waals surface area (Å²) in [5.74, 6) is 0. The summed E-state index contributed by atoms with van der Waals surface area (Å²) in [6.45, 7) is 8.41. The van der Waals surface area contributed by atoms with Gasteiger partial charge in [-0.15, -0.1) is 0 Å². The molecule has 0 unspecified atom stereocenters. The summed E-state index contributed by atoms with van der Waals surface area (Å²) >= 11 is 0. The molecule has 1 aromatic carbocycles. The highest BCUT2D eigenvalue weighted by atomic mass is 15.2. The molecule has 0 saturated carbocycles. The smallest absolute Gasteiger partial charge is 0.101 e. The Hall–Kier alpha value is -1.18. The van der Waals surface area contributed by atoms with Crippen molar-refractivity contribution in [2.24, 2.45) is 10.2 Å². The van der Waals surface area contributed by atoms with E-state index in [1.165, 1.54) is 11.1 Å². The van der Waals surface area contributed by atoms with Crippen molar-refractivity contribution < 1.29 is 0 Å². The Kier molecular flexibility index (Phi) is 1.78. The molecule has 0 spiro atoms. The maximum atomic E-state index is 4.38. The first-order valence-corrected chi connectivity index (χ1v) is 4.97. The van der Waals surface area contributed by atoms with Crippen LogP contribution in [0.25, 0.3) is 0 Å². The quantitative estimate of drug-likeness (QED) is 0.594. The van der Waals surface area contributed by atoms with Crippen molar-refractivity contribution in [2.75, 3.05) is 0 Å². The molecule has 0 aliphatic carbocycles. The zero-order valence-corrected chi connectivity index (χ0v) is 9.20. The normalized spacial score (nSPS) is 21.7. The highest BCUT2D eigenvalue weighted by Crippen LogP contribution is 2.40. The van der Waals surface area contributed by atoms with Crippen LogP contribution < -0.4 is 0 Å². The fraction of sp³-hybridized carbons (Fsp3) is 0.500. The Morgan fingerprint density at radius 2 is 1.14 bits per heavy atom. The molecule has 74 valence electrons. The van der Waals surface area contributed by atoms with Gasteiger partial charge in [-0.1, -0.05) is 24.3 Å². The third-order valence-electron chi connectivity index (χ3n) is 2.80. The number of fused-ring (bicyclic) bond motifs is 1. The Balaban J connectivity index is 2.68. The first-order valence-electron chi connectivity index (χ1n) is 4.97. The molecule has 2 heteroatoms. The summed E-state index contributed by atoms with van der Waals surface area (Å²) in [5, 5.41) is 8.76. The molecule has 0 radical (unpaired) electrons. The summed E-state index contributed by atoms with van der Waals surface area (Å²) in [6, 6.07) is 8.43. The number of hydrogen-bond acceptors (Lipinski definition) is 2. The van der Waals surface area contributed by atoms with Crippen LogP contribution in [0.2, 0.25) is 0 Å². The van der Waals surface area contributed by atoms with E-state index in [9.17, 15) is 0 Å². The van der Waals surface area contributed by atoms with E-state index in [4.69, 9.17) is 0 Å². The molecule has 0 atom stereocenters. The molecule has 2 nitrogen and oxygen atoms in total. The number of rotatable bonds is 0. The van der Waals surface area contributed by atoms with Crippen LogP contribution in [0.4, 0.5) is 0 Å². The molecule has 14 heavy (non-hydrogen) atoms. The molecule has 1 aliphatic rings. The van der Waals surface area contributed by atoms with Crippen molar-refractivity contribution in [1.82, 2.24) is 0 Å². The van der Waals surface area contributed by atoms with E-state index in [0.717, 1.165) is 0 Å². The molecule has 1 aromatic rings. The van der Waals surface area contributed by atoms with Crippen molar-refractivity contribution >= 4 is 0 Å². The largest absolute Gasteiger partial charge is 0.182 e. The summed E-state index contributed by atoms with van der Waals surface area (Å²) in [7, 11) is 0. The van der Waals surface area contributed by atoms with E-state index in [1.54, 1.807) is 0 Å².